The molecule has 1 aromatic heterocycles. The molecule has 0 bridgehead atoms. The van der Waals surface area contributed by atoms with E-state index in [9.17, 15) is 0 Å². The number of fused-ring (bicyclic) bond motifs is 1. The normalized spacial score (nSPS) is 15.5. The Morgan fingerprint density at radius 3 is 2.69 bits per heavy atom. The molecule has 0 N–H and O–H groups in total. The lowest BCUT2D eigenvalue weighted by Crippen LogP contribution is -2.34. The summed E-state index contributed by atoms with van der Waals surface area (Å²) in [6, 6.07) is 14.2. The smallest absolute Gasteiger partial charge is 0.186 e. The zero-order chi connectivity index (χ0) is 17.9. The third-order valence-corrected chi connectivity index (χ3v) is 6.35. The minimum atomic E-state index is 0.737. The van der Waals surface area contributed by atoms with Crippen LogP contribution in [0.2, 0.25) is 5.02 Å². The summed E-state index contributed by atoms with van der Waals surface area (Å²) >= 11 is 7.83. The molecule has 0 spiro atoms. The molecule has 26 heavy (non-hydrogen) atoms. The maximum absolute atomic E-state index is 6.09. The van der Waals surface area contributed by atoms with E-state index in [2.05, 4.69) is 36.1 Å². The van der Waals surface area contributed by atoms with Gasteiger partial charge in [-0.25, -0.2) is 4.98 Å². The number of aromatic nitrogens is 1. The number of aryl methyl sites for hydroxylation is 1. The van der Waals surface area contributed by atoms with E-state index >= 15 is 0 Å². The number of halogens is 1. The average Bonchev–Trinajstić information content (AvgIpc) is 3.07. The average molecular weight is 387 g/mol. The van der Waals surface area contributed by atoms with Crippen molar-refractivity contribution in [3.8, 4) is 5.75 Å². The highest BCUT2D eigenvalue weighted by Gasteiger charge is 2.21. The summed E-state index contributed by atoms with van der Waals surface area (Å²) in [4.78, 5) is 7.19. The van der Waals surface area contributed by atoms with Crippen LogP contribution in [-0.4, -0.2) is 24.7 Å². The number of benzene rings is 2. The molecule has 1 saturated heterocycles. The molecule has 0 amide bonds. The molecule has 1 aliphatic rings. The van der Waals surface area contributed by atoms with Gasteiger partial charge in [0.05, 0.1) is 16.8 Å². The first kappa shape index (κ1) is 17.6. The van der Waals surface area contributed by atoms with E-state index in [-0.39, 0.29) is 0 Å². The lowest BCUT2D eigenvalue weighted by molar-refractivity contribution is 0.258. The van der Waals surface area contributed by atoms with Crippen molar-refractivity contribution in [2.24, 2.45) is 5.92 Å². The van der Waals surface area contributed by atoms with Crippen molar-refractivity contribution in [1.82, 2.24) is 4.98 Å². The van der Waals surface area contributed by atoms with Gasteiger partial charge in [0.2, 0.25) is 0 Å². The number of hydrogen-bond acceptors (Lipinski definition) is 4. The Kier molecular flexibility index (Phi) is 5.32. The molecule has 0 unspecified atom stereocenters. The Morgan fingerprint density at radius 2 is 1.92 bits per heavy atom. The molecule has 3 nitrogen and oxygen atoms in total. The first-order valence-electron chi connectivity index (χ1n) is 9.18. The predicted molar refractivity (Wildman–Crippen MR) is 111 cm³/mol. The van der Waals surface area contributed by atoms with Crippen LogP contribution in [0.1, 0.15) is 24.8 Å². The van der Waals surface area contributed by atoms with Crippen molar-refractivity contribution in [1.29, 1.82) is 0 Å². The van der Waals surface area contributed by atoms with Crippen molar-refractivity contribution in [2.45, 2.75) is 26.2 Å². The zero-order valence-electron chi connectivity index (χ0n) is 15.0. The molecule has 2 heterocycles. The van der Waals surface area contributed by atoms with E-state index in [0.717, 1.165) is 53.5 Å². The SMILES string of the molecule is Cc1ccc(OCCC2CCN(c3nc4ccc(Cl)cc4s3)CC2)cc1. The van der Waals surface area contributed by atoms with Crippen LogP contribution in [0.3, 0.4) is 0 Å². The summed E-state index contributed by atoms with van der Waals surface area (Å²) in [5, 5.41) is 1.90. The van der Waals surface area contributed by atoms with Gasteiger partial charge < -0.3 is 9.64 Å². The second-order valence-corrected chi connectivity index (χ2v) is 8.43. The van der Waals surface area contributed by atoms with E-state index in [0.29, 0.717) is 0 Å². The summed E-state index contributed by atoms with van der Waals surface area (Å²) in [7, 11) is 0. The Bertz CT molecular complexity index is 869. The number of ether oxygens (including phenoxy) is 1. The highest BCUT2D eigenvalue weighted by atomic mass is 35.5. The van der Waals surface area contributed by atoms with Crippen LogP contribution >= 0.6 is 22.9 Å². The Balaban J connectivity index is 1.27. The third-order valence-electron chi connectivity index (χ3n) is 5.04. The fourth-order valence-corrected chi connectivity index (χ4v) is 4.71. The van der Waals surface area contributed by atoms with Gasteiger partial charge in [-0.05, 0) is 62.4 Å². The molecular weight excluding hydrogens is 364 g/mol. The minimum Gasteiger partial charge on any atom is -0.494 e. The van der Waals surface area contributed by atoms with Gasteiger partial charge in [-0.2, -0.15) is 0 Å². The number of thiazole rings is 1. The minimum absolute atomic E-state index is 0.737. The molecule has 0 aliphatic carbocycles. The van der Waals surface area contributed by atoms with Gasteiger partial charge >= 0.3 is 0 Å². The number of anilines is 1. The van der Waals surface area contributed by atoms with Gasteiger partial charge in [0.25, 0.3) is 0 Å². The molecule has 1 aliphatic heterocycles. The molecule has 5 heteroatoms. The van der Waals surface area contributed by atoms with Gasteiger partial charge in [-0.3, -0.25) is 0 Å². The van der Waals surface area contributed by atoms with Gasteiger partial charge in [0.15, 0.2) is 5.13 Å². The fraction of sp³-hybridized carbons (Fsp3) is 0.381. The van der Waals surface area contributed by atoms with Gasteiger partial charge in [0, 0.05) is 18.1 Å². The van der Waals surface area contributed by atoms with Crippen LogP contribution in [0.5, 0.6) is 5.75 Å². The standard InChI is InChI=1S/C21H23ClN2OS/c1-15-2-5-18(6-3-15)25-13-10-16-8-11-24(12-9-16)21-23-19-7-4-17(22)14-20(19)26-21/h2-7,14,16H,8-13H2,1H3. The van der Waals surface area contributed by atoms with E-state index in [1.165, 1.54) is 23.1 Å². The summed E-state index contributed by atoms with van der Waals surface area (Å²) in [5.41, 5.74) is 2.31. The highest BCUT2D eigenvalue weighted by Crippen LogP contribution is 2.33. The van der Waals surface area contributed by atoms with Crippen LogP contribution < -0.4 is 9.64 Å². The van der Waals surface area contributed by atoms with E-state index < -0.39 is 0 Å². The van der Waals surface area contributed by atoms with Crippen molar-refractivity contribution < 1.29 is 4.74 Å². The lowest BCUT2D eigenvalue weighted by Gasteiger charge is -2.31. The maximum Gasteiger partial charge on any atom is 0.186 e. The molecule has 136 valence electrons. The van der Waals surface area contributed by atoms with Crippen LogP contribution in [0, 0.1) is 12.8 Å². The number of rotatable bonds is 5. The Labute approximate surface area is 163 Å². The summed E-state index contributed by atoms with van der Waals surface area (Å²) in [6.07, 6.45) is 3.53. The highest BCUT2D eigenvalue weighted by molar-refractivity contribution is 7.22. The van der Waals surface area contributed by atoms with Crippen molar-refractivity contribution in [3.63, 3.8) is 0 Å². The molecule has 2 aromatic carbocycles. The molecule has 1 fully saturated rings. The first-order chi connectivity index (χ1) is 12.7. The third kappa shape index (κ3) is 4.13. The predicted octanol–water partition coefficient (Wildman–Crippen LogP) is 5.94. The quantitative estimate of drug-likeness (QED) is 0.542. The second kappa shape index (κ2) is 7.85. The molecule has 0 saturated carbocycles. The molecule has 4 rings (SSSR count). The summed E-state index contributed by atoms with van der Waals surface area (Å²) < 4.78 is 7.06. The van der Waals surface area contributed by atoms with Crippen molar-refractivity contribution >= 4 is 38.3 Å². The maximum atomic E-state index is 6.09. The largest absolute Gasteiger partial charge is 0.494 e. The van der Waals surface area contributed by atoms with Crippen LogP contribution in [0.4, 0.5) is 5.13 Å². The first-order valence-corrected chi connectivity index (χ1v) is 10.4. The Hall–Kier alpha value is -1.78. The molecule has 0 atom stereocenters. The summed E-state index contributed by atoms with van der Waals surface area (Å²) in [5.74, 6) is 1.71. The second-order valence-electron chi connectivity index (χ2n) is 6.99. The fourth-order valence-electron chi connectivity index (χ4n) is 3.41. The molecule has 3 aromatic rings. The summed E-state index contributed by atoms with van der Waals surface area (Å²) in [6.45, 7) is 5.04. The van der Waals surface area contributed by atoms with E-state index in [1.807, 2.05) is 18.2 Å². The van der Waals surface area contributed by atoms with Gasteiger partial charge in [-0.15, -0.1) is 0 Å². The number of piperidine rings is 1. The zero-order valence-corrected chi connectivity index (χ0v) is 16.5. The van der Waals surface area contributed by atoms with Gasteiger partial charge in [-0.1, -0.05) is 40.6 Å². The monoisotopic (exact) mass is 386 g/mol. The van der Waals surface area contributed by atoms with Crippen LogP contribution in [0.25, 0.3) is 10.2 Å². The number of nitrogens with zero attached hydrogens (tertiary/aromatic N) is 2. The topological polar surface area (TPSA) is 25.4 Å². The molecule has 0 radical (unpaired) electrons. The lowest BCUT2D eigenvalue weighted by atomic mass is 9.94. The van der Waals surface area contributed by atoms with Crippen LogP contribution in [0.15, 0.2) is 42.5 Å². The van der Waals surface area contributed by atoms with Crippen molar-refractivity contribution in [3.05, 3.63) is 53.1 Å². The van der Waals surface area contributed by atoms with Crippen molar-refractivity contribution in [2.75, 3.05) is 24.6 Å². The molecular formula is C21H23ClN2OS. The van der Waals surface area contributed by atoms with Crippen LogP contribution in [-0.2, 0) is 0 Å². The van der Waals surface area contributed by atoms with E-state index in [1.54, 1.807) is 11.3 Å². The number of hydrogen-bond donors (Lipinski definition) is 0. The van der Waals surface area contributed by atoms with Gasteiger partial charge in [0.1, 0.15) is 5.75 Å². The Morgan fingerprint density at radius 1 is 1.15 bits per heavy atom. The van der Waals surface area contributed by atoms with E-state index in [4.69, 9.17) is 21.3 Å².